The van der Waals surface area contributed by atoms with E-state index in [0.717, 1.165) is 27.5 Å². The molecule has 2 aromatic carbocycles. The van der Waals surface area contributed by atoms with E-state index in [2.05, 4.69) is 36.7 Å². The van der Waals surface area contributed by atoms with Gasteiger partial charge in [-0.1, -0.05) is 47.6 Å². The summed E-state index contributed by atoms with van der Waals surface area (Å²) >= 11 is 7.58. The Bertz CT molecular complexity index is 922. The van der Waals surface area contributed by atoms with Crippen LogP contribution in [0.3, 0.4) is 0 Å². The average Bonchev–Trinajstić information content (AvgIpc) is 3.04. The van der Waals surface area contributed by atoms with E-state index in [9.17, 15) is 0 Å². The number of hydrogen-bond acceptors (Lipinski definition) is 4. The van der Waals surface area contributed by atoms with Gasteiger partial charge in [-0.25, -0.2) is 0 Å². The number of rotatable bonds is 8. The topological polar surface area (TPSA) is 39.9 Å². The molecular formula is C21H22ClN3OS. The van der Waals surface area contributed by atoms with Gasteiger partial charge >= 0.3 is 0 Å². The lowest BCUT2D eigenvalue weighted by Gasteiger charge is -2.10. The third-order valence-electron chi connectivity index (χ3n) is 4.23. The van der Waals surface area contributed by atoms with E-state index < -0.39 is 0 Å². The molecule has 1 aromatic heterocycles. The summed E-state index contributed by atoms with van der Waals surface area (Å²) in [7, 11) is 0. The minimum Gasteiger partial charge on any atom is -0.486 e. The van der Waals surface area contributed by atoms with E-state index in [0.29, 0.717) is 13.2 Å². The maximum absolute atomic E-state index is 5.94. The maximum Gasteiger partial charge on any atom is 0.191 e. The summed E-state index contributed by atoms with van der Waals surface area (Å²) in [5, 5.41) is 10.2. The van der Waals surface area contributed by atoms with Crippen molar-refractivity contribution in [1.29, 1.82) is 0 Å². The van der Waals surface area contributed by atoms with Crippen molar-refractivity contribution in [3.8, 4) is 5.75 Å². The molecule has 0 atom stereocenters. The first-order valence-electron chi connectivity index (χ1n) is 8.67. The zero-order valence-corrected chi connectivity index (χ0v) is 17.1. The Morgan fingerprint density at radius 2 is 1.89 bits per heavy atom. The van der Waals surface area contributed by atoms with Gasteiger partial charge in [-0.05, 0) is 54.8 Å². The van der Waals surface area contributed by atoms with Crippen molar-refractivity contribution in [2.75, 3.05) is 0 Å². The summed E-state index contributed by atoms with van der Waals surface area (Å²) in [6.07, 6.45) is 1.84. The number of benzene rings is 2. The molecule has 0 amide bonds. The molecule has 140 valence electrons. The highest BCUT2D eigenvalue weighted by atomic mass is 35.5. The van der Waals surface area contributed by atoms with Crippen molar-refractivity contribution in [2.45, 2.75) is 37.9 Å². The Morgan fingerprint density at radius 3 is 2.59 bits per heavy atom. The first kappa shape index (κ1) is 19.5. The molecule has 3 aromatic rings. The number of aromatic nitrogens is 3. The molecule has 0 spiro atoms. The van der Waals surface area contributed by atoms with Crippen molar-refractivity contribution < 1.29 is 4.74 Å². The van der Waals surface area contributed by atoms with Gasteiger partial charge in [0.15, 0.2) is 11.0 Å². The van der Waals surface area contributed by atoms with Crippen LogP contribution in [0.25, 0.3) is 0 Å². The molecule has 0 unspecified atom stereocenters. The molecule has 0 aliphatic carbocycles. The predicted octanol–water partition coefficient (Wildman–Crippen LogP) is 5.61. The Hall–Kier alpha value is -2.24. The first-order valence-corrected chi connectivity index (χ1v) is 10.0. The molecule has 3 rings (SSSR count). The van der Waals surface area contributed by atoms with Gasteiger partial charge in [0.2, 0.25) is 0 Å². The maximum atomic E-state index is 5.94. The molecular weight excluding hydrogens is 378 g/mol. The summed E-state index contributed by atoms with van der Waals surface area (Å²) in [5.74, 6) is 2.41. The SMILES string of the molecule is C=CCn1c(COc2ccc(C)c(C)c2)nnc1SCc1ccc(Cl)cc1. The fraction of sp³-hybridized carbons (Fsp3) is 0.238. The number of allylic oxidation sites excluding steroid dienone is 1. The molecule has 0 saturated heterocycles. The minimum absolute atomic E-state index is 0.366. The number of halogens is 1. The second-order valence-corrected chi connectivity index (χ2v) is 7.63. The molecule has 0 N–H and O–H groups in total. The van der Waals surface area contributed by atoms with Crippen LogP contribution in [-0.2, 0) is 18.9 Å². The van der Waals surface area contributed by atoms with Crippen molar-refractivity contribution in [3.05, 3.63) is 82.7 Å². The van der Waals surface area contributed by atoms with Crippen molar-refractivity contribution in [2.24, 2.45) is 0 Å². The van der Waals surface area contributed by atoms with Crippen molar-refractivity contribution in [1.82, 2.24) is 14.8 Å². The van der Waals surface area contributed by atoms with Crippen LogP contribution in [0, 0.1) is 13.8 Å². The molecule has 0 aliphatic rings. The second kappa shape index (κ2) is 9.11. The zero-order chi connectivity index (χ0) is 19.2. The van der Waals surface area contributed by atoms with Crippen LogP contribution in [0.1, 0.15) is 22.5 Å². The van der Waals surface area contributed by atoms with Crippen LogP contribution in [0.4, 0.5) is 0 Å². The van der Waals surface area contributed by atoms with Gasteiger partial charge in [-0.3, -0.25) is 4.57 Å². The van der Waals surface area contributed by atoms with Crippen LogP contribution < -0.4 is 4.74 Å². The lowest BCUT2D eigenvalue weighted by molar-refractivity contribution is 0.289. The van der Waals surface area contributed by atoms with E-state index in [-0.39, 0.29) is 0 Å². The molecule has 0 radical (unpaired) electrons. The van der Waals surface area contributed by atoms with Gasteiger partial charge in [-0.2, -0.15) is 0 Å². The molecule has 0 aliphatic heterocycles. The molecule has 4 nitrogen and oxygen atoms in total. The zero-order valence-electron chi connectivity index (χ0n) is 15.5. The van der Waals surface area contributed by atoms with Crippen molar-refractivity contribution in [3.63, 3.8) is 0 Å². The van der Waals surface area contributed by atoms with Crippen LogP contribution in [0.15, 0.2) is 60.3 Å². The molecule has 0 saturated carbocycles. The predicted molar refractivity (Wildman–Crippen MR) is 111 cm³/mol. The van der Waals surface area contributed by atoms with E-state index in [1.807, 2.05) is 47.0 Å². The average molecular weight is 400 g/mol. The summed E-state index contributed by atoms with van der Waals surface area (Å²) < 4.78 is 7.96. The van der Waals surface area contributed by atoms with Crippen LogP contribution in [0.5, 0.6) is 5.75 Å². The highest BCUT2D eigenvalue weighted by Crippen LogP contribution is 2.24. The van der Waals surface area contributed by atoms with Gasteiger partial charge in [0.05, 0.1) is 0 Å². The molecule has 27 heavy (non-hydrogen) atoms. The quantitative estimate of drug-likeness (QED) is 0.365. The summed E-state index contributed by atoms with van der Waals surface area (Å²) in [6.45, 7) is 9.02. The third kappa shape index (κ3) is 5.15. The van der Waals surface area contributed by atoms with Gasteiger partial charge < -0.3 is 4.74 Å². The number of aryl methyl sites for hydroxylation is 2. The first-order chi connectivity index (χ1) is 13.1. The monoisotopic (exact) mass is 399 g/mol. The van der Waals surface area contributed by atoms with E-state index >= 15 is 0 Å². The standard InChI is InChI=1S/C21H22ClN3OS/c1-4-11-25-20(13-26-19-10-5-15(2)16(3)12-19)23-24-21(25)27-14-17-6-8-18(22)9-7-17/h4-10,12H,1,11,13-14H2,2-3H3. The van der Waals surface area contributed by atoms with E-state index in [4.69, 9.17) is 16.3 Å². The third-order valence-corrected chi connectivity index (χ3v) is 5.52. The Labute approximate surface area is 169 Å². The second-order valence-electron chi connectivity index (χ2n) is 6.25. The minimum atomic E-state index is 0.366. The molecule has 0 bridgehead atoms. The van der Waals surface area contributed by atoms with Gasteiger partial charge in [-0.15, -0.1) is 16.8 Å². The fourth-order valence-corrected chi connectivity index (χ4v) is 3.57. The van der Waals surface area contributed by atoms with Gasteiger partial charge in [0.1, 0.15) is 12.4 Å². The van der Waals surface area contributed by atoms with Crippen LogP contribution >= 0.6 is 23.4 Å². The molecule has 6 heteroatoms. The summed E-state index contributed by atoms with van der Waals surface area (Å²) in [5.41, 5.74) is 3.64. The lowest BCUT2D eigenvalue weighted by atomic mass is 10.1. The van der Waals surface area contributed by atoms with E-state index in [1.54, 1.807) is 11.8 Å². The van der Waals surface area contributed by atoms with E-state index in [1.165, 1.54) is 16.7 Å². The number of hydrogen-bond donors (Lipinski definition) is 0. The number of nitrogens with zero attached hydrogens (tertiary/aromatic N) is 3. The van der Waals surface area contributed by atoms with Gasteiger partial charge in [0, 0.05) is 17.3 Å². The highest BCUT2D eigenvalue weighted by Gasteiger charge is 2.13. The Balaban J connectivity index is 1.69. The Kier molecular flexibility index (Phi) is 6.58. The van der Waals surface area contributed by atoms with Crippen molar-refractivity contribution >= 4 is 23.4 Å². The highest BCUT2D eigenvalue weighted by molar-refractivity contribution is 7.98. The Morgan fingerprint density at radius 1 is 1.11 bits per heavy atom. The summed E-state index contributed by atoms with van der Waals surface area (Å²) in [6, 6.07) is 13.9. The van der Waals surface area contributed by atoms with Crippen LogP contribution in [-0.4, -0.2) is 14.8 Å². The summed E-state index contributed by atoms with van der Waals surface area (Å²) in [4.78, 5) is 0. The smallest absolute Gasteiger partial charge is 0.191 e. The molecule has 1 heterocycles. The van der Waals surface area contributed by atoms with Crippen LogP contribution in [0.2, 0.25) is 5.02 Å². The normalized spacial score (nSPS) is 10.8. The number of thioether (sulfide) groups is 1. The van der Waals surface area contributed by atoms with Gasteiger partial charge in [0.25, 0.3) is 0 Å². The molecule has 0 fully saturated rings. The fourth-order valence-electron chi connectivity index (χ4n) is 2.53. The number of ether oxygens (including phenoxy) is 1. The largest absolute Gasteiger partial charge is 0.486 e. The lowest BCUT2D eigenvalue weighted by Crippen LogP contribution is -2.07.